The van der Waals surface area contributed by atoms with E-state index in [2.05, 4.69) is 78.5 Å². The number of hydrogen-bond acceptors (Lipinski definition) is 2. The molecule has 0 bridgehead atoms. The Balaban J connectivity index is 0.00000133. The van der Waals surface area contributed by atoms with E-state index in [-0.39, 0.29) is 51.4 Å². The third-order valence-corrected chi connectivity index (χ3v) is 6.16. The summed E-state index contributed by atoms with van der Waals surface area (Å²) in [6.07, 6.45) is 7.83. The fourth-order valence-corrected chi connectivity index (χ4v) is 4.64. The molecule has 0 amide bonds. The van der Waals surface area contributed by atoms with E-state index in [1.54, 1.807) is 0 Å². The third-order valence-electron chi connectivity index (χ3n) is 6.16. The second-order valence-electron chi connectivity index (χ2n) is 7.97. The van der Waals surface area contributed by atoms with E-state index < -0.39 is 0 Å². The number of nitrogens with zero attached hydrogens (tertiary/aromatic N) is 2. The topological polar surface area (TPSA) is 55.2 Å². The number of fused-ring (bicyclic) bond motifs is 2. The molecule has 0 aliphatic heterocycles. The smallest absolute Gasteiger partial charge is 0.686 e. The molecule has 34 heavy (non-hydrogen) atoms. The molecule has 3 N–H and O–H groups in total. The first-order chi connectivity index (χ1) is 16.1. The fraction of sp³-hybridized carbons (Fsp3) is 0.345. The maximum Gasteiger partial charge on any atom is 1.00 e. The number of allylic oxidation sites excluding steroid dienone is 5. The van der Waals surface area contributed by atoms with Gasteiger partial charge < -0.3 is 16.4 Å². The van der Waals surface area contributed by atoms with Gasteiger partial charge in [0.25, 0.3) is 0 Å². The van der Waals surface area contributed by atoms with E-state index in [0.29, 0.717) is 0 Å². The third kappa shape index (κ3) is 5.95. The van der Waals surface area contributed by atoms with Gasteiger partial charge in [0.1, 0.15) is 13.1 Å². The second kappa shape index (κ2) is 13.5. The molecule has 0 saturated carbocycles. The molecule has 5 heteroatoms. The van der Waals surface area contributed by atoms with Gasteiger partial charge in [0.05, 0.1) is 0 Å². The van der Waals surface area contributed by atoms with Crippen LogP contribution in [0.2, 0.25) is 0 Å². The van der Waals surface area contributed by atoms with Gasteiger partial charge in [-0.3, -0.25) is 0 Å². The summed E-state index contributed by atoms with van der Waals surface area (Å²) in [5.74, 6) is 0. The summed E-state index contributed by atoms with van der Waals surface area (Å²) in [7, 11) is 1.83. The van der Waals surface area contributed by atoms with Crippen LogP contribution < -0.4 is 62.4 Å². The monoisotopic (exact) mass is 481 g/mol. The minimum atomic E-state index is 0. The Morgan fingerprint density at radius 1 is 0.971 bits per heavy atom. The zero-order valence-electron chi connectivity index (χ0n) is 22.0. The van der Waals surface area contributed by atoms with Gasteiger partial charge in [-0.1, -0.05) is 32.0 Å². The largest absolute Gasteiger partial charge is 1.00 e. The van der Waals surface area contributed by atoms with E-state index >= 15 is 0 Å². The van der Waals surface area contributed by atoms with E-state index in [0.717, 1.165) is 43.0 Å². The molecule has 0 radical (unpaired) electrons. The van der Waals surface area contributed by atoms with E-state index in [4.69, 9.17) is 5.73 Å². The van der Waals surface area contributed by atoms with Crippen LogP contribution in [-0.2, 0) is 6.42 Å². The van der Waals surface area contributed by atoms with E-state index in [1.807, 2.05) is 33.0 Å². The Morgan fingerprint density at radius 2 is 1.68 bits per heavy atom. The number of nitrogens with one attached hydrogen (secondary N) is 1. The van der Waals surface area contributed by atoms with Crippen LogP contribution in [0.5, 0.6) is 0 Å². The average Bonchev–Trinajstić information content (AvgIpc) is 2.85. The first-order valence-electron chi connectivity index (χ1n) is 12.2. The van der Waals surface area contributed by atoms with Gasteiger partial charge in [0.2, 0.25) is 0 Å². The number of hydrogen-bond donors (Lipinski definition) is 2. The zero-order valence-corrected chi connectivity index (χ0v) is 25.1. The Labute approximate surface area is 248 Å². The average molecular weight is 482 g/mol. The Morgan fingerprint density at radius 3 is 2.32 bits per heavy atom. The molecule has 2 aromatic carbocycles. The molecular formula is C29H38KN4+. The molecular weight excluding hydrogens is 443 g/mol. The van der Waals surface area contributed by atoms with Crippen molar-refractivity contribution in [2.24, 2.45) is 0 Å². The second-order valence-corrected chi connectivity index (χ2v) is 7.97. The number of nitrogen functional groups attached to an aromatic ring is 1. The summed E-state index contributed by atoms with van der Waals surface area (Å²) in [6, 6.07) is 12.8. The molecule has 174 valence electrons. The van der Waals surface area contributed by atoms with Crippen molar-refractivity contribution >= 4 is 28.3 Å². The minimum absolute atomic E-state index is 0. The van der Waals surface area contributed by atoms with Gasteiger partial charge in [0.15, 0.2) is 5.71 Å². The predicted molar refractivity (Wildman–Crippen MR) is 145 cm³/mol. The Hall–Kier alpha value is -1.63. The van der Waals surface area contributed by atoms with E-state index in [9.17, 15) is 0 Å². The summed E-state index contributed by atoms with van der Waals surface area (Å²) in [5, 5.41) is 8.01. The van der Waals surface area contributed by atoms with Gasteiger partial charge in [-0.05, 0) is 84.9 Å². The van der Waals surface area contributed by atoms with Crippen LogP contribution in [-0.4, -0.2) is 37.0 Å². The van der Waals surface area contributed by atoms with Crippen molar-refractivity contribution in [1.29, 1.82) is 0 Å². The first kappa shape index (κ1) is 28.6. The zero-order chi connectivity index (χ0) is 24.0. The maximum absolute atomic E-state index is 6.08. The van der Waals surface area contributed by atoms with Gasteiger partial charge >= 0.3 is 51.4 Å². The van der Waals surface area contributed by atoms with E-state index in [1.165, 1.54) is 39.2 Å². The van der Waals surface area contributed by atoms with Crippen molar-refractivity contribution in [3.05, 3.63) is 87.8 Å². The van der Waals surface area contributed by atoms with Crippen LogP contribution in [0.4, 0.5) is 17.1 Å². The van der Waals surface area contributed by atoms with Crippen LogP contribution in [0.15, 0.2) is 65.8 Å². The van der Waals surface area contributed by atoms with Crippen molar-refractivity contribution in [2.45, 2.75) is 41.0 Å². The quantitative estimate of drug-likeness (QED) is 0.375. The Bertz CT molecular complexity index is 1130. The van der Waals surface area contributed by atoms with Gasteiger partial charge in [-0.2, -0.15) is 0 Å². The first-order valence-corrected chi connectivity index (χ1v) is 12.2. The van der Waals surface area contributed by atoms with Crippen molar-refractivity contribution < 1.29 is 56.0 Å². The summed E-state index contributed by atoms with van der Waals surface area (Å²) < 4.78 is 2.40. The number of rotatable bonds is 6. The molecule has 0 aromatic heterocycles. The predicted octanol–water partition coefficient (Wildman–Crippen LogP) is 3.71. The van der Waals surface area contributed by atoms with Crippen LogP contribution in [0.1, 0.15) is 51.3 Å². The van der Waals surface area contributed by atoms with Crippen LogP contribution in [0.25, 0.3) is 10.9 Å². The standard InChI is InChI=1S/C27H31N4.C2H6.K/c1-5-30-21-9-12-23-18(15-21)14-19-16-22(31(6-2)7-3)10-13-24(19)27(23)25-11-8-20(28)17-26(25)29-4;1-2;/h8-13,15-17H,5-7,14H2,1-4H3,(H2-,28,29,30);1-2H3;/q-1;;+1/p+1. The SMILES string of the molecule is CC.CCNc1ccc2c(c1)CC1=CC(=[N+](CC)CC)C=CC1=C2c1ccc(N)cc1[N-]C.[K+]. The van der Waals surface area contributed by atoms with Crippen LogP contribution in [0.3, 0.4) is 0 Å². The Kier molecular flexibility index (Phi) is 11.3. The molecule has 2 aliphatic carbocycles. The maximum atomic E-state index is 6.08. The fourth-order valence-electron chi connectivity index (χ4n) is 4.64. The molecule has 2 aromatic rings. The molecule has 0 unspecified atom stereocenters. The van der Waals surface area contributed by atoms with Gasteiger partial charge in [-0.25, -0.2) is 4.58 Å². The summed E-state index contributed by atoms with van der Waals surface area (Å²) in [5.41, 5.74) is 17.8. The minimum Gasteiger partial charge on any atom is -0.686 e. The molecule has 0 heterocycles. The summed E-state index contributed by atoms with van der Waals surface area (Å²) in [4.78, 5) is 0. The van der Waals surface area contributed by atoms with Crippen molar-refractivity contribution in [3.63, 3.8) is 0 Å². The van der Waals surface area contributed by atoms with Gasteiger partial charge in [-0.15, -0.1) is 12.7 Å². The summed E-state index contributed by atoms with van der Waals surface area (Å²) in [6.45, 7) is 13.5. The molecule has 0 spiro atoms. The molecule has 0 saturated heterocycles. The van der Waals surface area contributed by atoms with Crippen LogP contribution >= 0.6 is 0 Å². The normalized spacial score (nSPS) is 13.6. The van der Waals surface area contributed by atoms with Crippen LogP contribution in [0, 0.1) is 0 Å². The molecule has 2 aliphatic rings. The number of anilines is 2. The molecule has 0 atom stereocenters. The van der Waals surface area contributed by atoms with Crippen molar-refractivity contribution in [3.8, 4) is 0 Å². The number of nitrogens with two attached hydrogens (primary N) is 1. The number of benzene rings is 2. The molecule has 0 fully saturated rings. The van der Waals surface area contributed by atoms with Crippen molar-refractivity contribution in [1.82, 2.24) is 0 Å². The molecule has 4 rings (SSSR count). The molecule has 4 nitrogen and oxygen atoms in total. The van der Waals surface area contributed by atoms with Crippen molar-refractivity contribution in [2.75, 3.05) is 37.7 Å². The summed E-state index contributed by atoms with van der Waals surface area (Å²) >= 11 is 0. The van der Waals surface area contributed by atoms with Gasteiger partial charge in [0, 0.05) is 30.1 Å².